The minimum absolute atomic E-state index is 0. The number of carbonyl (C=O) groups is 1. The lowest BCUT2D eigenvalue weighted by molar-refractivity contribution is -0.120. The lowest BCUT2D eigenvalue weighted by Crippen LogP contribution is -2.32. The zero-order chi connectivity index (χ0) is 14.4. The summed E-state index contributed by atoms with van der Waals surface area (Å²) in [6.45, 7) is 4.96. The number of rotatable bonds is 6. The van der Waals surface area contributed by atoms with E-state index in [0.717, 1.165) is 41.3 Å². The molecular weight excluding hydrogens is 372 g/mol. The van der Waals surface area contributed by atoms with Crippen LogP contribution < -0.4 is 10.6 Å². The lowest BCUT2D eigenvalue weighted by atomic mass is 10.1. The first-order chi connectivity index (χ1) is 9.65. The molecule has 0 aliphatic carbocycles. The van der Waals surface area contributed by atoms with Gasteiger partial charge in [0.2, 0.25) is 5.91 Å². The Morgan fingerprint density at radius 2 is 2.19 bits per heavy atom. The van der Waals surface area contributed by atoms with Crippen molar-refractivity contribution in [3.05, 3.63) is 28.7 Å². The van der Waals surface area contributed by atoms with Crippen molar-refractivity contribution in [1.82, 2.24) is 10.6 Å². The molecule has 1 fully saturated rings. The fourth-order valence-electron chi connectivity index (χ4n) is 2.27. The van der Waals surface area contributed by atoms with E-state index in [9.17, 15) is 4.79 Å². The molecule has 21 heavy (non-hydrogen) atoms. The molecule has 2 unspecified atom stereocenters. The molecule has 1 aliphatic rings. The Labute approximate surface area is 145 Å². The molecule has 1 aromatic rings. The van der Waals surface area contributed by atoms with E-state index in [4.69, 9.17) is 0 Å². The summed E-state index contributed by atoms with van der Waals surface area (Å²) in [4.78, 5) is 13.2. The van der Waals surface area contributed by atoms with Crippen molar-refractivity contribution in [2.24, 2.45) is 5.92 Å². The maximum atomic E-state index is 12.0. The van der Waals surface area contributed by atoms with Gasteiger partial charge in [-0.3, -0.25) is 4.79 Å². The van der Waals surface area contributed by atoms with Gasteiger partial charge in [-0.2, -0.15) is 0 Å². The average Bonchev–Trinajstić information content (AvgIpc) is 2.94. The summed E-state index contributed by atoms with van der Waals surface area (Å²) in [5, 5.41) is 6.34. The zero-order valence-electron chi connectivity index (χ0n) is 12.1. The molecule has 6 heteroatoms. The van der Waals surface area contributed by atoms with Gasteiger partial charge in [0.05, 0.1) is 5.25 Å². The summed E-state index contributed by atoms with van der Waals surface area (Å²) in [5.74, 6) is 0.855. The van der Waals surface area contributed by atoms with E-state index >= 15 is 0 Å². The maximum absolute atomic E-state index is 12.0. The van der Waals surface area contributed by atoms with E-state index in [-0.39, 0.29) is 23.6 Å². The van der Waals surface area contributed by atoms with Crippen LogP contribution in [0.2, 0.25) is 0 Å². The summed E-state index contributed by atoms with van der Waals surface area (Å²) in [6, 6.07) is 8.06. The highest BCUT2D eigenvalue weighted by molar-refractivity contribution is 9.10. The zero-order valence-corrected chi connectivity index (χ0v) is 15.3. The Kier molecular flexibility index (Phi) is 8.71. The highest BCUT2D eigenvalue weighted by atomic mass is 79.9. The van der Waals surface area contributed by atoms with Gasteiger partial charge in [0, 0.05) is 15.9 Å². The number of carbonyl (C=O) groups excluding carboxylic acids is 1. The van der Waals surface area contributed by atoms with E-state index in [0.29, 0.717) is 0 Å². The van der Waals surface area contributed by atoms with E-state index < -0.39 is 0 Å². The summed E-state index contributed by atoms with van der Waals surface area (Å²) in [5.41, 5.74) is 0. The normalized spacial score (nSPS) is 18.9. The monoisotopic (exact) mass is 392 g/mol. The Morgan fingerprint density at radius 1 is 1.48 bits per heavy atom. The summed E-state index contributed by atoms with van der Waals surface area (Å²) in [7, 11) is 0. The van der Waals surface area contributed by atoms with Crippen LogP contribution in [0, 0.1) is 5.92 Å². The molecule has 3 nitrogen and oxygen atoms in total. The molecule has 1 amide bonds. The summed E-state index contributed by atoms with van der Waals surface area (Å²) in [6.07, 6.45) is 2.31. The first kappa shape index (κ1) is 18.8. The third-order valence-corrected chi connectivity index (χ3v) is 5.15. The molecule has 0 saturated carbocycles. The minimum atomic E-state index is -0.0575. The topological polar surface area (TPSA) is 41.1 Å². The molecule has 2 N–H and O–H groups in total. The van der Waals surface area contributed by atoms with Gasteiger partial charge in [-0.05, 0) is 63.0 Å². The molecule has 1 aromatic carbocycles. The Morgan fingerprint density at radius 3 is 2.81 bits per heavy atom. The maximum Gasteiger partial charge on any atom is 0.233 e. The lowest BCUT2D eigenvalue weighted by Gasteiger charge is -2.13. The molecule has 2 rings (SSSR count). The van der Waals surface area contributed by atoms with Gasteiger partial charge in [-0.25, -0.2) is 0 Å². The van der Waals surface area contributed by atoms with Gasteiger partial charge in [-0.1, -0.05) is 15.9 Å². The SMILES string of the molecule is CC(Sc1ccc(Br)cc1)C(=O)NCCC1CCNC1.Cl. The molecule has 1 aliphatic heterocycles. The van der Waals surface area contributed by atoms with Crippen LogP contribution in [0.25, 0.3) is 0 Å². The number of nitrogens with one attached hydrogen (secondary N) is 2. The van der Waals surface area contributed by atoms with Crippen molar-refractivity contribution >= 4 is 46.0 Å². The van der Waals surface area contributed by atoms with E-state index in [1.165, 1.54) is 6.42 Å². The summed E-state index contributed by atoms with van der Waals surface area (Å²) >= 11 is 5.01. The first-order valence-corrected chi connectivity index (χ1v) is 8.73. The van der Waals surface area contributed by atoms with E-state index in [1.54, 1.807) is 11.8 Å². The molecule has 0 bridgehead atoms. The average molecular weight is 394 g/mol. The fourth-order valence-corrected chi connectivity index (χ4v) is 3.43. The van der Waals surface area contributed by atoms with Gasteiger partial charge in [-0.15, -0.1) is 24.2 Å². The second-order valence-corrected chi connectivity index (χ2v) is 7.48. The molecule has 1 saturated heterocycles. The second-order valence-electron chi connectivity index (χ2n) is 5.15. The van der Waals surface area contributed by atoms with Crippen LogP contribution in [0.1, 0.15) is 19.8 Å². The van der Waals surface area contributed by atoms with Crippen molar-refractivity contribution in [3.8, 4) is 0 Å². The Balaban J connectivity index is 0.00000220. The third kappa shape index (κ3) is 6.59. The fraction of sp³-hybridized carbons (Fsp3) is 0.533. The van der Waals surface area contributed by atoms with Crippen LogP contribution >= 0.6 is 40.1 Å². The molecule has 118 valence electrons. The minimum Gasteiger partial charge on any atom is -0.355 e. The molecule has 0 spiro atoms. The van der Waals surface area contributed by atoms with Crippen molar-refractivity contribution in [2.75, 3.05) is 19.6 Å². The van der Waals surface area contributed by atoms with Crippen LogP contribution in [-0.4, -0.2) is 30.8 Å². The largest absolute Gasteiger partial charge is 0.355 e. The van der Waals surface area contributed by atoms with Crippen molar-refractivity contribution in [1.29, 1.82) is 0 Å². The number of benzene rings is 1. The molecule has 2 atom stereocenters. The van der Waals surface area contributed by atoms with Gasteiger partial charge in [0.1, 0.15) is 0 Å². The Hall–Kier alpha value is -0.230. The van der Waals surface area contributed by atoms with Crippen LogP contribution in [-0.2, 0) is 4.79 Å². The van der Waals surface area contributed by atoms with Crippen LogP contribution in [0.3, 0.4) is 0 Å². The van der Waals surface area contributed by atoms with Gasteiger partial charge < -0.3 is 10.6 Å². The van der Waals surface area contributed by atoms with Crippen LogP contribution in [0.15, 0.2) is 33.6 Å². The van der Waals surface area contributed by atoms with Crippen molar-refractivity contribution < 1.29 is 4.79 Å². The standard InChI is InChI=1S/C15H21BrN2OS.ClH/c1-11(20-14-4-2-13(16)3-5-14)15(19)18-9-7-12-6-8-17-10-12;/h2-5,11-12,17H,6-10H2,1H3,(H,18,19);1H. The number of hydrogen-bond acceptors (Lipinski definition) is 3. The number of halogens is 2. The summed E-state index contributed by atoms with van der Waals surface area (Å²) < 4.78 is 1.06. The van der Waals surface area contributed by atoms with Gasteiger partial charge in [0.15, 0.2) is 0 Å². The molecule has 0 radical (unpaired) electrons. The van der Waals surface area contributed by atoms with E-state index in [1.807, 2.05) is 31.2 Å². The van der Waals surface area contributed by atoms with Crippen LogP contribution in [0.4, 0.5) is 0 Å². The second kappa shape index (κ2) is 9.72. The van der Waals surface area contributed by atoms with E-state index in [2.05, 4.69) is 26.6 Å². The highest BCUT2D eigenvalue weighted by Crippen LogP contribution is 2.24. The van der Waals surface area contributed by atoms with Gasteiger partial charge in [0.25, 0.3) is 0 Å². The van der Waals surface area contributed by atoms with Crippen molar-refractivity contribution in [3.63, 3.8) is 0 Å². The number of amides is 1. The smallest absolute Gasteiger partial charge is 0.233 e. The number of thioether (sulfide) groups is 1. The van der Waals surface area contributed by atoms with Crippen molar-refractivity contribution in [2.45, 2.75) is 29.9 Å². The third-order valence-electron chi connectivity index (χ3n) is 3.51. The molecule has 1 heterocycles. The highest BCUT2D eigenvalue weighted by Gasteiger charge is 2.16. The first-order valence-electron chi connectivity index (χ1n) is 7.06. The number of hydrogen-bond donors (Lipinski definition) is 2. The predicted molar refractivity (Wildman–Crippen MR) is 95.3 cm³/mol. The van der Waals surface area contributed by atoms with Gasteiger partial charge >= 0.3 is 0 Å². The molecular formula is C15H22BrClN2OS. The quantitative estimate of drug-likeness (QED) is 0.727. The molecule has 0 aromatic heterocycles. The Bertz CT molecular complexity index is 438. The predicted octanol–water partition coefficient (Wildman–Crippen LogP) is 3.47. The van der Waals surface area contributed by atoms with Crippen LogP contribution in [0.5, 0.6) is 0 Å².